The van der Waals surface area contributed by atoms with E-state index in [1.165, 1.54) is 37.3 Å². The fourth-order valence-corrected chi connectivity index (χ4v) is 3.43. The molecule has 1 atom stereocenters. The molecule has 12 heavy (non-hydrogen) atoms. The second-order valence-corrected chi connectivity index (χ2v) is 5.56. The average molecular weight is 185 g/mol. The first-order chi connectivity index (χ1) is 5.84. The van der Waals surface area contributed by atoms with Crippen LogP contribution in [0.3, 0.4) is 0 Å². The molecule has 1 N–H and O–H groups in total. The highest BCUT2D eigenvalue weighted by Crippen LogP contribution is 2.27. The molecule has 0 aromatic rings. The molecule has 2 aliphatic rings. The molecule has 0 amide bonds. The van der Waals surface area contributed by atoms with Gasteiger partial charge in [0, 0.05) is 6.04 Å². The predicted molar refractivity (Wildman–Crippen MR) is 55.6 cm³/mol. The highest BCUT2D eigenvalue weighted by molar-refractivity contribution is 7.99. The zero-order valence-corrected chi connectivity index (χ0v) is 8.70. The van der Waals surface area contributed by atoms with Gasteiger partial charge in [-0.15, -0.1) is 0 Å². The van der Waals surface area contributed by atoms with Gasteiger partial charge in [0.15, 0.2) is 0 Å². The molecule has 70 valence electrons. The van der Waals surface area contributed by atoms with Crippen molar-refractivity contribution in [1.82, 2.24) is 5.32 Å². The van der Waals surface area contributed by atoms with Gasteiger partial charge in [-0.2, -0.15) is 11.8 Å². The van der Waals surface area contributed by atoms with E-state index < -0.39 is 0 Å². The van der Waals surface area contributed by atoms with E-state index in [0.29, 0.717) is 0 Å². The zero-order chi connectivity index (χ0) is 8.39. The summed E-state index contributed by atoms with van der Waals surface area (Å²) in [6, 6.07) is 0.866. The Hall–Kier alpha value is 0.310. The van der Waals surface area contributed by atoms with Crippen molar-refractivity contribution in [2.75, 3.05) is 18.1 Å². The van der Waals surface area contributed by atoms with Gasteiger partial charge in [0.2, 0.25) is 0 Å². The molecule has 1 aliphatic carbocycles. The van der Waals surface area contributed by atoms with Crippen LogP contribution in [0.4, 0.5) is 0 Å². The molecule has 2 fully saturated rings. The third-order valence-electron chi connectivity index (χ3n) is 3.09. The van der Waals surface area contributed by atoms with Crippen molar-refractivity contribution < 1.29 is 0 Å². The van der Waals surface area contributed by atoms with Crippen LogP contribution in [0.2, 0.25) is 0 Å². The quantitative estimate of drug-likeness (QED) is 0.723. The summed E-state index contributed by atoms with van der Waals surface area (Å²) in [7, 11) is 0. The van der Waals surface area contributed by atoms with Gasteiger partial charge >= 0.3 is 0 Å². The first kappa shape index (κ1) is 8.89. The smallest absolute Gasteiger partial charge is 0.00722 e. The lowest BCUT2D eigenvalue weighted by Gasteiger charge is -2.34. The molecule has 1 saturated carbocycles. The van der Waals surface area contributed by atoms with Gasteiger partial charge in [0.1, 0.15) is 0 Å². The zero-order valence-electron chi connectivity index (χ0n) is 7.88. The Morgan fingerprint density at radius 2 is 2.25 bits per heavy atom. The SMILES string of the molecule is CC1CC(NCC2CCSC2)C1. The lowest BCUT2D eigenvalue weighted by atomic mass is 9.82. The van der Waals surface area contributed by atoms with Crippen LogP contribution < -0.4 is 5.32 Å². The van der Waals surface area contributed by atoms with Crippen LogP contribution >= 0.6 is 11.8 Å². The van der Waals surface area contributed by atoms with Gasteiger partial charge < -0.3 is 5.32 Å². The maximum absolute atomic E-state index is 3.68. The molecule has 0 radical (unpaired) electrons. The minimum absolute atomic E-state index is 0.866. The van der Waals surface area contributed by atoms with Crippen molar-refractivity contribution in [1.29, 1.82) is 0 Å². The van der Waals surface area contributed by atoms with E-state index in [1.54, 1.807) is 0 Å². The van der Waals surface area contributed by atoms with Gasteiger partial charge in [0.05, 0.1) is 0 Å². The minimum atomic E-state index is 0.866. The van der Waals surface area contributed by atoms with Gasteiger partial charge in [-0.05, 0) is 49.1 Å². The lowest BCUT2D eigenvalue weighted by Crippen LogP contribution is -2.42. The lowest BCUT2D eigenvalue weighted by molar-refractivity contribution is 0.234. The van der Waals surface area contributed by atoms with Crippen LogP contribution in [0.15, 0.2) is 0 Å². The number of nitrogens with one attached hydrogen (secondary N) is 1. The molecule has 0 aromatic carbocycles. The van der Waals surface area contributed by atoms with Crippen molar-refractivity contribution in [2.24, 2.45) is 11.8 Å². The molecular weight excluding hydrogens is 166 g/mol. The van der Waals surface area contributed by atoms with Crippen molar-refractivity contribution in [3.05, 3.63) is 0 Å². The molecule has 1 nitrogen and oxygen atoms in total. The van der Waals surface area contributed by atoms with Crippen LogP contribution in [-0.2, 0) is 0 Å². The summed E-state index contributed by atoms with van der Waals surface area (Å²) in [4.78, 5) is 0. The Morgan fingerprint density at radius 3 is 2.83 bits per heavy atom. The van der Waals surface area contributed by atoms with Gasteiger partial charge in [0.25, 0.3) is 0 Å². The third-order valence-corrected chi connectivity index (χ3v) is 4.32. The standard InChI is InChI=1S/C10H19NS/c1-8-4-10(5-8)11-6-9-2-3-12-7-9/h8-11H,2-7H2,1H3. The Bertz CT molecular complexity index is 137. The Balaban J connectivity index is 1.56. The van der Waals surface area contributed by atoms with Gasteiger partial charge in [-0.1, -0.05) is 6.92 Å². The van der Waals surface area contributed by atoms with Gasteiger partial charge in [-0.3, -0.25) is 0 Å². The van der Waals surface area contributed by atoms with E-state index in [2.05, 4.69) is 24.0 Å². The second kappa shape index (κ2) is 4.01. The van der Waals surface area contributed by atoms with Crippen LogP contribution in [0.25, 0.3) is 0 Å². The van der Waals surface area contributed by atoms with E-state index in [4.69, 9.17) is 0 Å². The minimum Gasteiger partial charge on any atom is -0.314 e. The summed E-state index contributed by atoms with van der Waals surface area (Å²) in [5, 5.41) is 3.68. The molecule has 0 aromatic heterocycles. The normalized spacial score (nSPS) is 41.2. The van der Waals surface area contributed by atoms with Crippen molar-refractivity contribution in [3.8, 4) is 0 Å². The van der Waals surface area contributed by atoms with E-state index in [9.17, 15) is 0 Å². The molecule has 1 heterocycles. The topological polar surface area (TPSA) is 12.0 Å². The predicted octanol–water partition coefficient (Wildman–Crippen LogP) is 2.13. The summed E-state index contributed by atoms with van der Waals surface area (Å²) < 4.78 is 0. The summed E-state index contributed by atoms with van der Waals surface area (Å²) in [5.74, 6) is 4.76. The second-order valence-electron chi connectivity index (χ2n) is 4.41. The Labute approximate surface area is 79.7 Å². The van der Waals surface area contributed by atoms with Crippen molar-refractivity contribution >= 4 is 11.8 Å². The fourth-order valence-electron chi connectivity index (χ4n) is 2.15. The van der Waals surface area contributed by atoms with Crippen molar-refractivity contribution in [3.63, 3.8) is 0 Å². The number of hydrogen-bond acceptors (Lipinski definition) is 2. The fraction of sp³-hybridized carbons (Fsp3) is 1.00. The summed E-state index contributed by atoms with van der Waals surface area (Å²) in [6.45, 7) is 3.63. The third kappa shape index (κ3) is 2.17. The summed E-state index contributed by atoms with van der Waals surface area (Å²) in [6.07, 6.45) is 4.28. The van der Waals surface area contributed by atoms with E-state index in [-0.39, 0.29) is 0 Å². The maximum atomic E-state index is 3.68. The molecule has 0 spiro atoms. The summed E-state index contributed by atoms with van der Waals surface area (Å²) in [5.41, 5.74) is 0. The van der Waals surface area contributed by atoms with E-state index in [0.717, 1.165) is 17.9 Å². The first-order valence-corrected chi connectivity index (χ1v) is 6.31. The highest BCUT2D eigenvalue weighted by atomic mass is 32.2. The molecule has 1 unspecified atom stereocenters. The molecule has 1 saturated heterocycles. The average Bonchev–Trinajstić information content (AvgIpc) is 2.47. The Morgan fingerprint density at radius 1 is 1.42 bits per heavy atom. The molecule has 2 rings (SSSR count). The number of thioether (sulfide) groups is 1. The largest absolute Gasteiger partial charge is 0.314 e. The summed E-state index contributed by atoms with van der Waals surface area (Å²) >= 11 is 2.12. The van der Waals surface area contributed by atoms with Crippen molar-refractivity contribution in [2.45, 2.75) is 32.2 Å². The monoisotopic (exact) mass is 185 g/mol. The molecule has 1 aliphatic heterocycles. The molecule has 0 bridgehead atoms. The van der Waals surface area contributed by atoms with E-state index in [1.807, 2.05) is 0 Å². The van der Waals surface area contributed by atoms with Crippen LogP contribution in [0, 0.1) is 11.8 Å². The first-order valence-electron chi connectivity index (χ1n) is 5.15. The Kier molecular flexibility index (Phi) is 2.97. The molecule has 2 heteroatoms. The highest BCUT2D eigenvalue weighted by Gasteiger charge is 2.25. The number of hydrogen-bond donors (Lipinski definition) is 1. The van der Waals surface area contributed by atoms with Gasteiger partial charge in [-0.25, -0.2) is 0 Å². The molecular formula is C10H19NS. The number of rotatable bonds is 3. The maximum Gasteiger partial charge on any atom is 0.00722 e. The van der Waals surface area contributed by atoms with E-state index >= 15 is 0 Å². The van der Waals surface area contributed by atoms with Crippen LogP contribution in [0.5, 0.6) is 0 Å². The van der Waals surface area contributed by atoms with Crippen LogP contribution in [0.1, 0.15) is 26.2 Å². The van der Waals surface area contributed by atoms with Crippen LogP contribution in [-0.4, -0.2) is 24.1 Å².